The van der Waals surface area contributed by atoms with Gasteiger partial charge < -0.3 is 15.7 Å². The van der Waals surface area contributed by atoms with Gasteiger partial charge >= 0.3 is 0 Å². The second-order valence-electron chi connectivity index (χ2n) is 5.13. The molecule has 0 spiro atoms. The molecule has 0 amide bonds. The summed E-state index contributed by atoms with van der Waals surface area (Å²) in [5.41, 5.74) is 1.61. The SMILES string of the molecule is CCNC(=NCc1ccccc1F)NCCc1cccc(O)c1. The minimum atomic E-state index is -0.244. The van der Waals surface area contributed by atoms with Gasteiger partial charge in [-0.05, 0) is 37.1 Å². The van der Waals surface area contributed by atoms with Crippen LogP contribution in [-0.4, -0.2) is 24.2 Å². The second kappa shape index (κ2) is 8.78. The largest absolute Gasteiger partial charge is 0.508 e. The Bertz CT molecular complexity index is 658. The first kappa shape index (κ1) is 16.8. The molecule has 0 radical (unpaired) electrons. The Morgan fingerprint density at radius 3 is 2.70 bits per heavy atom. The lowest BCUT2D eigenvalue weighted by Gasteiger charge is -2.11. The lowest BCUT2D eigenvalue weighted by molar-refractivity contribution is 0.474. The number of nitrogens with one attached hydrogen (secondary N) is 2. The van der Waals surface area contributed by atoms with E-state index in [-0.39, 0.29) is 18.1 Å². The molecule has 0 aliphatic carbocycles. The monoisotopic (exact) mass is 315 g/mol. The molecule has 4 nitrogen and oxygen atoms in total. The summed E-state index contributed by atoms with van der Waals surface area (Å²) < 4.78 is 13.6. The molecule has 2 aromatic rings. The van der Waals surface area contributed by atoms with E-state index >= 15 is 0 Å². The van der Waals surface area contributed by atoms with Gasteiger partial charge in [0, 0.05) is 18.7 Å². The third-order valence-electron chi connectivity index (χ3n) is 3.33. The van der Waals surface area contributed by atoms with Gasteiger partial charge in [0.05, 0.1) is 6.54 Å². The molecule has 0 aromatic heterocycles. The van der Waals surface area contributed by atoms with Crippen LogP contribution in [0.5, 0.6) is 5.75 Å². The van der Waals surface area contributed by atoms with Gasteiger partial charge in [-0.1, -0.05) is 30.3 Å². The smallest absolute Gasteiger partial charge is 0.191 e. The van der Waals surface area contributed by atoms with E-state index in [1.165, 1.54) is 6.07 Å². The van der Waals surface area contributed by atoms with Crippen molar-refractivity contribution in [3.63, 3.8) is 0 Å². The second-order valence-corrected chi connectivity index (χ2v) is 5.13. The fourth-order valence-corrected chi connectivity index (χ4v) is 2.17. The van der Waals surface area contributed by atoms with Gasteiger partial charge in [-0.2, -0.15) is 0 Å². The Hall–Kier alpha value is -2.56. The molecule has 0 fully saturated rings. The van der Waals surface area contributed by atoms with E-state index < -0.39 is 0 Å². The maximum absolute atomic E-state index is 13.6. The van der Waals surface area contributed by atoms with Crippen molar-refractivity contribution in [3.05, 3.63) is 65.5 Å². The number of rotatable bonds is 6. The molecule has 23 heavy (non-hydrogen) atoms. The summed E-state index contributed by atoms with van der Waals surface area (Å²) >= 11 is 0. The Labute approximate surface area is 136 Å². The number of hydrogen-bond donors (Lipinski definition) is 3. The fraction of sp³-hybridized carbons (Fsp3) is 0.278. The van der Waals surface area contributed by atoms with Gasteiger partial charge in [0.1, 0.15) is 11.6 Å². The van der Waals surface area contributed by atoms with E-state index in [1.807, 2.05) is 19.1 Å². The van der Waals surface area contributed by atoms with E-state index in [0.29, 0.717) is 18.1 Å². The predicted molar refractivity (Wildman–Crippen MR) is 91.0 cm³/mol. The molecule has 0 saturated carbocycles. The van der Waals surface area contributed by atoms with Crippen molar-refractivity contribution in [1.29, 1.82) is 0 Å². The minimum absolute atomic E-state index is 0.244. The van der Waals surface area contributed by atoms with E-state index in [2.05, 4.69) is 15.6 Å². The van der Waals surface area contributed by atoms with Crippen molar-refractivity contribution in [2.75, 3.05) is 13.1 Å². The van der Waals surface area contributed by atoms with Crippen molar-refractivity contribution in [3.8, 4) is 5.75 Å². The van der Waals surface area contributed by atoms with E-state index in [9.17, 15) is 9.50 Å². The normalized spacial score (nSPS) is 11.3. The van der Waals surface area contributed by atoms with Gasteiger partial charge in [0.15, 0.2) is 5.96 Å². The van der Waals surface area contributed by atoms with Crippen LogP contribution in [0.1, 0.15) is 18.1 Å². The van der Waals surface area contributed by atoms with Crippen LogP contribution in [0.15, 0.2) is 53.5 Å². The van der Waals surface area contributed by atoms with Crippen LogP contribution < -0.4 is 10.6 Å². The molecular weight excluding hydrogens is 293 g/mol. The number of aliphatic imine (C=N–C) groups is 1. The van der Waals surface area contributed by atoms with Crippen LogP contribution >= 0.6 is 0 Å². The topological polar surface area (TPSA) is 56.7 Å². The molecule has 5 heteroatoms. The van der Waals surface area contributed by atoms with Crippen LogP contribution in [0.4, 0.5) is 4.39 Å². The van der Waals surface area contributed by atoms with E-state index in [4.69, 9.17) is 0 Å². The highest BCUT2D eigenvalue weighted by atomic mass is 19.1. The molecule has 0 atom stereocenters. The van der Waals surface area contributed by atoms with E-state index in [0.717, 1.165) is 18.5 Å². The summed E-state index contributed by atoms with van der Waals surface area (Å²) in [6.07, 6.45) is 0.762. The van der Waals surface area contributed by atoms with E-state index in [1.54, 1.807) is 30.3 Å². The van der Waals surface area contributed by atoms with Gasteiger partial charge in [0.25, 0.3) is 0 Å². The number of nitrogens with zero attached hydrogens (tertiary/aromatic N) is 1. The third kappa shape index (κ3) is 5.62. The molecule has 0 bridgehead atoms. The van der Waals surface area contributed by atoms with Crippen LogP contribution in [0.25, 0.3) is 0 Å². The summed E-state index contributed by atoms with van der Waals surface area (Å²) in [5, 5.41) is 15.8. The van der Waals surface area contributed by atoms with Gasteiger partial charge in [0.2, 0.25) is 0 Å². The highest BCUT2D eigenvalue weighted by Crippen LogP contribution is 2.11. The van der Waals surface area contributed by atoms with Crippen LogP contribution in [-0.2, 0) is 13.0 Å². The van der Waals surface area contributed by atoms with Crippen LogP contribution in [0.2, 0.25) is 0 Å². The number of benzene rings is 2. The lowest BCUT2D eigenvalue weighted by atomic mass is 10.1. The Kier molecular flexibility index (Phi) is 6.41. The number of phenolic OH excluding ortho intramolecular Hbond substituents is 1. The number of halogens is 1. The molecule has 2 rings (SSSR count). The highest BCUT2D eigenvalue weighted by Gasteiger charge is 2.02. The van der Waals surface area contributed by atoms with Crippen molar-refractivity contribution in [2.24, 2.45) is 4.99 Å². The quantitative estimate of drug-likeness (QED) is 0.567. The molecule has 0 aliphatic rings. The molecule has 2 aromatic carbocycles. The summed E-state index contributed by atoms with van der Waals surface area (Å²) in [6.45, 7) is 3.67. The maximum Gasteiger partial charge on any atom is 0.191 e. The molecule has 0 unspecified atom stereocenters. The zero-order chi connectivity index (χ0) is 16.5. The predicted octanol–water partition coefficient (Wildman–Crippen LogP) is 2.83. The fourth-order valence-electron chi connectivity index (χ4n) is 2.17. The number of phenols is 1. The van der Waals surface area contributed by atoms with Gasteiger partial charge in [-0.25, -0.2) is 9.38 Å². The molecule has 0 saturated heterocycles. The summed E-state index contributed by atoms with van der Waals surface area (Å²) in [4.78, 5) is 4.40. The first-order valence-electron chi connectivity index (χ1n) is 7.72. The van der Waals surface area contributed by atoms with Gasteiger partial charge in [-0.15, -0.1) is 0 Å². The summed E-state index contributed by atoms with van der Waals surface area (Å²) in [7, 11) is 0. The Morgan fingerprint density at radius 2 is 1.96 bits per heavy atom. The average molecular weight is 315 g/mol. The number of aromatic hydroxyl groups is 1. The molecule has 122 valence electrons. The van der Waals surface area contributed by atoms with Crippen molar-refractivity contribution in [1.82, 2.24) is 10.6 Å². The summed E-state index contributed by atoms with van der Waals surface area (Å²) in [6, 6.07) is 13.8. The minimum Gasteiger partial charge on any atom is -0.508 e. The van der Waals surface area contributed by atoms with Crippen molar-refractivity contribution in [2.45, 2.75) is 19.9 Å². The zero-order valence-corrected chi connectivity index (χ0v) is 13.2. The maximum atomic E-state index is 13.6. The van der Waals surface area contributed by atoms with Gasteiger partial charge in [-0.3, -0.25) is 0 Å². The first-order chi connectivity index (χ1) is 11.2. The standard InChI is InChI=1S/C18H22FN3O/c1-2-20-18(22-13-15-7-3-4-9-17(15)19)21-11-10-14-6-5-8-16(23)12-14/h3-9,12,23H,2,10-11,13H2,1H3,(H2,20,21,22). The van der Waals surface area contributed by atoms with Crippen LogP contribution in [0.3, 0.4) is 0 Å². The Morgan fingerprint density at radius 1 is 1.13 bits per heavy atom. The summed E-state index contributed by atoms with van der Waals surface area (Å²) in [5.74, 6) is 0.672. The third-order valence-corrected chi connectivity index (χ3v) is 3.33. The highest BCUT2D eigenvalue weighted by molar-refractivity contribution is 5.79. The van der Waals surface area contributed by atoms with Crippen molar-refractivity contribution >= 4 is 5.96 Å². The number of hydrogen-bond acceptors (Lipinski definition) is 2. The molecule has 3 N–H and O–H groups in total. The Balaban J connectivity index is 1.90. The van der Waals surface area contributed by atoms with Crippen LogP contribution in [0, 0.1) is 5.82 Å². The first-order valence-corrected chi connectivity index (χ1v) is 7.72. The molecule has 0 aliphatic heterocycles. The molecule has 0 heterocycles. The zero-order valence-electron chi connectivity index (χ0n) is 13.2. The average Bonchev–Trinajstić information content (AvgIpc) is 2.54. The van der Waals surface area contributed by atoms with Crippen molar-refractivity contribution < 1.29 is 9.50 Å². The molecular formula is C18H22FN3O. The lowest BCUT2D eigenvalue weighted by Crippen LogP contribution is -2.38. The number of guanidine groups is 1.